The largest absolute Gasteiger partial charge is 0.481 e. The zero-order valence-electron chi connectivity index (χ0n) is 11.1. The summed E-state index contributed by atoms with van der Waals surface area (Å²) in [6.45, 7) is 2.75. The second-order valence-electron chi connectivity index (χ2n) is 3.94. The minimum atomic E-state index is -1.10. The number of carboxylic acids is 1. The zero-order chi connectivity index (χ0) is 14.5. The van der Waals surface area contributed by atoms with Gasteiger partial charge in [0, 0.05) is 12.6 Å². The Morgan fingerprint density at radius 3 is 2.95 bits per heavy atom. The maximum Gasteiger partial charge on any atom is 0.358 e. The lowest BCUT2D eigenvalue weighted by atomic mass is 10.5. The monoisotopic (exact) mass is 278 g/mol. The summed E-state index contributed by atoms with van der Waals surface area (Å²) >= 11 is 0. The van der Waals surface area contributed by atoms with Gasteiger partial charge in [0.2, 0.25) is 5.88 Å². The fourth-order valence-corrected chi connectivity index (χ4v) is 1.54. The predicted molar refractivity (Wildman–Crippen MR) is 68.8 cm³/mol. The zero-order valence-corrected chi connectivity index (χ0v) is 11.1. The Morgan fingerprint density at radius 2 is 2.30 bits per heavy atom. The number of hydrogen-bond acceptors (Lipinski definition) is 7. The van der Waals surface area contributed by atoms with Gasteiger partial charge >= 0.3 is 5.97 Å². The van der Waals surface area contributed by atoms with Crippen LogP contribution in [0.5, 0.6) is 5.88 Å². The van der Waals surface area contributed by atoms with Crippen molar-refractivity contribution >= 4 is 11.8 Å². The molecule has 2 heterocycles. The van der Waals surface area contributed by atoms with Crippen LogP contribution in [0.2, 0.25) is 0 Å². The van der Waals surface area contributed by atoms with Crippen LogP contribution in [0.25, 0.3) is 0 Å². The second kappa shape index (κ2) is 5.95. The van der Waals surface area contributed by atoms with Crippen molar-refractivity contribution in [2.45, 2.75) is 13.5 Å². The summed E-state index contributed by atoms with van der Waals surface area (Å²) in [5.74, 6) is 0.614. The number of hydrogen-bond donors (Lipinski definition) is 2. The van der Waals surface area contributed by atoms with Crippen molar-refractivity contribution < 1.29 is 14.6 Å². The number of anilines is 1. The van der Waals surface area contributed by atoms with Crippen LogP contribution in [0.3, 0.4) is 0 Å². The van der Waals surface area contributed by atoms with Gasteiger partial charge in [-0.05, 0) is 6.92 Å². The number of aryl methyl sites for hydroxylation is 1. The van der Waals surface area contributed by atoms with Crippen LogP contribution >= 0.6 is 0 Å². The highest BCUT2D eigenvalue weighted by atomic mass is 16.5. The van der Waals surface area contributed by atoms with Crippen molar-refractivity contribution in [2.75, 3.05) is 19.0 Å². The number of nitrogens with zero attached hydrogens (tertiary/aromatic N) is 5. The van der Waals surface area contributed by atoms with Crippen LogP contribution in [0.1, 0.15) is 16.3 Å². The highest BCUT2D eigenvalue weighted by Gasteiger charge is 2.08. The highest BCUT2D eigenvalue weighted by molar-refractivity contribution is 5.84. The van der Waals surface area contributed by atoms with Gasteiger partial charge in [0.1, 0.15) is 11.6 Å². The van der Waals surface area contributed by atoms with E-state index in [0.29, 0.717) is 30.6 Å². The Bertz CT molecular complexity index is 612. The summed E-state index contributed by atoms with van der Waals surface area (Å²) in [7, 11) is 1.54. The van der Waals surface area contributed by atoms with E-state index in [1.54, 1.807) is 13.0 Å². The van der Waals surface area contributed by atoms with E-state index < -0.39 is 5.97 Å². The van der Waals surface area contributed by atoms with Crippen LogP contribution < -0.4 is 10.1 Å². The minimum Gasteiger partial charge on any atom is -0.481 e. The van der Waals surface area contributed by atoms with Crippen molar-refractivity contribution in [1.29, 1.82) is 0 Å². The predicted octanol–water partition coefficient (Wildman–Crippen LogP) is 0.195. The summed E-state index contributed by atoms with van der Waals surface area (Å²) in [5.41, 5.74) is -0.0791. The average Bonchev–Trinajstić information content (AvgIpc) is 2.87. The lowest BCUT2D eigenvalue weighted by Gasteiger charge is -2.07. The van der Waals surface area contributed by atoms with Gasteiger partial charge in [-0.3, -0.25) is 0 Å². The Balaban J connectivity index is 1.92. The molecule has 0 spiro atoms. The number of ether oxygens (including phenoxy) is 1. The molecule has 0 radical (unpaired) electrons. The van der Waals surface area contributed by atoms with Gasteiger partial charge < -0.3 is 15.2 Å². The Labute approximate surface area is 114 Å². The van der Waals surface area contributed by atoms with Crippen LogP contribution in [0, 0.1) is 6.92 Å². The average molecular weight is 278 g/mol. The number of rotatable bonds is 6. The molecule has 0 unspecified atom stereocenters. The van der Waals surface area contributed by atoms with Crippen molar-refractivity contribution in [1.82, 2.24) is 25.0 Å². The van der Waals surface area contributed by atoms with Gasteiger partial charge in [-0.2, -0.15) is 4.98 Å². The SMILES string of the molecule is COc1cc(NCCn2cc(C(=O)O)nn2)nc(C)n1. The van der Waals surface area contributed by atoms with E-state index >= 15 is 0 Å². The quantitative estimate of drug-likeness (QED) is 0.769. The fraction of sp³-hybridized carbons (Fsp3) is 0.364. The van der Waals surface area contributed by atoms with Gasteiger partial charge in [-0.15, -0.1) is 5.10 Å². The van der Waals surface area contributed by atoms with Gasteiger partial charge in [-0.1, -0.05) is 5.21 Å². The third kappa shape index (κ3) is 3.40. The molecule has 0 aliphatic rings. The summed E-state index contributed by atoms with van der Waals surface area (Å²) in [4.78, 5) is 18.9. The maximum atomic E-state index is 10.7. The molecule has 2 N–H and O–H groups in total. The van der Waals surface area contributed by atoms with Crippen LogP contribution in [-0.2, 0) is 6.54 Å². The normalized spacial score (nSPS) is 10.3. The molecule has 0 aromatic carbocycles. The van der Waals surface area contributed by atoms with Gasteiger partial charge in [-0.25, -0.2) is 14.5 Å². The Morgan fingerprint density at radius 1 is 1.50 bits per heavy atom. The Hall–Kier alpha value is -2.71. The molecule has 0 saturated carbocycles. The van der Waals surface area contributed by atoms with Gasteiger partial charge in [0.25, 0.3) is 0 Å². The maximum absolute atomic E-state index is 10.7. The standard InChI is InChI=1S/C11H14N6O3/c1-7-13-9(5-10(14-7)20-2)12-3-4-17-6-8(11(18)19)15-16-17/h5-6H,3-4H2,1-2H3,(H,18,19)(H,12,13,14). The van der Waals surface area contributed by atoms with E-state index in [2.05, 4.69) is 25.6 Å². The molecule has 2 aromatic heterocycles. The van der Waals surface area contributed by atoms with E-state index in [0.717, 1.165) is 0 Å². The first-order valence-corrected chi connectivity index (χ1v) is 5.85. The number of aromatic carboxylic acids is 1. The third-order valence-electron chi connectivity index (χ3n) is 2.43. The lowest BCUT2D eigenvalue weighted by molar-refractivity contribution is 0.0690. The highest BCUT2D eigenvalue weighted by Crippen LogP contribution is 2.12. The summed E-state index contributed by atoms with van der Waals surface area (Å²) in [6.07, 6.45) is 1.37. The van der Waals surface area contributed by atoms with E-state index in [1.165, 1.54) is 18.0 Å². The first-order valence-electron chi connectivity index (χ1n) is 5.85. The van der Waals surface area contributed by atoms with Crippen molar-refractivity contribution in [3.8, 4) is 5.88 Å². The summed E-state index contributed by atoms with van der Waals surface area (Å²) in [6, 6.07) is 1.68. The molecule has 20 heavy (non-hydrogen) atoms. The molecule has 0 atom stereocenters. The van der Waals surface area contributed by atoms with Crippen molar-refractivity contribution in [3.05, 3.63) is 23.8 Å². The smallest absolute Gasteiger partial charge is 0.358 e. The summed E-state index contributed by atoms with van der Waals surface area (Å²) < 4.78 is 6.49. The molecule has 0 aliphatic carbocycles. The number of carboxylic acid groups (broad SMARTS) is 1. The number of methoxy groups -OCH3 is 1. The minimum absolute atomic E-state index is 0.0791. The lowest BCUT2D eigenvalue weighted by Crippen LogP contribution is -2.12. The van der Waals surface area contributed by atoms with E-state index in [4.69, 9.17) is 9.84 Å². The first-order chi connectivity index (χ1) is 9.58. The molecule has 9 nitrogen and oxygen atoms in total. The fourth-order valence-electron chi connectivity index (χ4n) is 1.54. The molecular formula is C11H14N6O3. The molecule has 2 rings (SSSR count). The van der Waals surface area contributed by atoms with Crippen LogP contribution in [0.4, 0.5) is 5.82 Å². The Kier molecular flexibility index (Phi) is 4.08. The van der Waals surface area contributed by atoms with Crippen molar-refractivity contribution in [3.63, 3.8) is 0 Å². The van der Waals surface area contributed by atoms with E-state index in [-0.39, 0.29) is 5.69 Å². The molecule has 0 bridgehead atoms. The first kappa shape index (κ1) is 13.7. The van der Waals surface area contributed by atoms with Crippen molar-refractivity contribution in [2.24, 2.45) is 0 Å². The van der Waals surface area contributed by atoms with Crippen LogP contribution in [-0.4, -0.2) is 49.7 Å². The summed E-state index contributed by atoms with van der Waals surface area (Å²) in [5, 5.41) is 19.0. The molecule has 9 heteroatoms. The number of aromatic nitrogens is 5. The van der Waals surface area contributed by atoms with E-state index in [1.807, 2.05) is 0 Å². The van der Waals surface area contributed by atoms with Gasteiger partial charge in [0.05, 0.1) is 19.9 Å². The topological polar surface area (TPSA) is 115 Å². The molecule has 106 valence electrons. The number of carbonyl (C=O) groups is 1. The molecule has 0 fully saturated rings. The number of nitrogens with one attached hydrogen (secondary N) is 1. The van der Waals surface area contributed by atoms with Gasteiger partial charge in [0.15, 0.2) is 5.69 Å². The third-order valence-corrected chi connectivity index (χ3v) is 2.43. The second-order valence-corrected chi connectivity index (χ2v) is 3.94. The molecular weight excluding hydrogens is 264 g/mol. The van der Waals surface area contributed by atoms with Crippen LogP contribution in [0.15, 0.2) is 12.3 Å². The molecule has 0 aliphatic heterocycles. The van der Waals surface area contributed by atoms with E-state index in [9.17, 15) is 4.79 Å². The molecule has 0 amide bonds. The molecule has 2 aromatic rings. The molecule has 0 saturated heterocycles.